The number of nitrogens with zero attached hydrogens (tertiary/aromatic N) is 7. The molecule has 37 heavy (non-hydrogen) atoms. The lowest BCUT2D eigenvalue weighted by atomic mass is 10.1. The van der Waals surface area contributed by atoms with E-state index in [4.69, 9.17) is 14.2 Å². The van der Waals surface area contributed by atoms with Crippen LogP contribution in [-0.2, 0) is 14.8 Å². The topological polar surface area (TPSA) is 156 Å². The zero-order valence-electron chi connectivity index (χ0n) is 21.1. The van der Waals surface area contributed by atoms with Gasteiger partial charge < -0.3 is 14.2 Å². The van der Waals surface area contributed by atoms with Gasteiger partial charge in [-0.05, 0) is 38.7 Å². The molecule has 0 amide bonds. The fourth-order valence-corrected chi connectivity index (χ4v) is 5.42. The number of anilines is 1. The number of hydrogen-bond acceptors (Lipinski definition) is 11. The molecule has 0 unspecified atom stereocenters. The SMILES string of the molecule is COc1ncnc(OC)c1-n1c(NS(=O)(=O)[C@@H](C)[C@H](OC)c2ncc(C)cn2)nnc1[C@H]1CC[C@@H](F)C1. The second-order valence-electron chi connectivity index (χ2n) is 8.69. The van der Waals surface area contributed by atoms with Gasteiger partial charge in [0.05, 0.1) is 14.2 Å². The Morgan fingerprint density at radius 3 is 2.24 bits per heavy atom. The van der Waals surface area contributed by atoms with E-state index in [0.717, 1.165) is 5.56 Å². The van der Waals surface area contributed by atoms with Crippen molar-refractivity contribution in [2.24, 2.45) is 0 Å². The van der Waals surface area contributed by atoms with Gasteiger partial charge in [-0.3, -0.25) is 9.29 Å². The molecule has 4 rings (SSSR count). The zero-order valence-corrected chi connectivity index (χ0v) is 21.9. The van der Waals surface area contributed by atoms with Crippen LogP contribution in [0.15, 0.2) is 18.7 Å². The summed E-state index contributed by atoms with van der Waals surface area (Å²) in [7, 11) is 0.0355. The third-order valence-corrected chi connectivity index (χ3v) is 7.94. The molecule has 0 aromatic carbocycles. The summed E-state index contributed by atoms with van der Waals surface area (Å²) in [4.78, 5) is 16.7. The molecule has 15 heteroatoms. The van der Waals surface area contributed by atoms with Crippen molar-refractivity contribution < 1.29 is 27.0 Å². The van der Waals surface area contributed by atoms with E-state index in [1.54, 1.807) is 12.4 Å². The van der Waals surface area contributed by atoms with Crippen LogP contribution < -0.4 is 14.2 Å². The fraction of sp³-hybridized carbons (Fsp3) is 0.545. The summed E-state index contributed by atoms with van der Waals surface area (Å²) in [5.41, 5.74) is 1.01. The standard InChI is InChI=1S/C22H29FN8O5S/c1-12-9-24-18(25-10-12)17(34-3)13(2)37(32,33)30-22-29-28-19(14-6-7-15(23)8-14)31(22)16-20(35-4)26-11-27-21(16)36-5/h9-11,13-15,17H,6-8H2,1-5H3,(H,29,30)/t13-,14-,15+,17-/m0/s1. The number of rotatable bonds is 10. The van der Waals surface area contributed by atoms with Crippen LogP contribution in [0.1, 0.15) is 55.4 Å². The summed E-state index contributed by atoms with van der Waals surface area (Å²) in [5, 5.41) is 7.21. The summed E-state index contributed by atoms with van der Waals surface area (Å²) in [6.45, 7) is 3.29. The Morgan fingerprint density at radius 1 is 1.05 bits per heavy atom. The van der Waals surface area contributed by atoms with Crippen LogP contribution in [0.4, 0.5) is 10.3 Å². The number of halogens is 1. The van der Waals surface area contributed by atoms with Crippen molar-refractivity contribution in [1.29, 1.82) is 0 Å². The lowest BCUT2D eigenvalue weighted by Gasteiger charge is -2.23. The molecule has 4 atom stereocenters. The second kappa shape index (κ2) is 10.9. The predicted octanol–water partition coefficient (Wildman–Crippen LogP) is 2.30. The summed E-state index contributed by atoms with van der Waals surface area (Å²) in [6, 6.07) is 0. The highest BCUT2D eigenvalue weighted by molar-refractivity contribution is 7.93. The highest BCUT2D eigenvalue weighted by Gasteiger charge is 2.37. The first kappa shape index (κ1) is 26.6. The first-order chi connectivity index (χ1) is 17.7. The molecular formula is C22H29FN8O5S. The van der Waals surface area contributed by atoms with Gasteiger partial charge in [0, 0.05) is 25.4 Å². The molecule has 1 aliphatic rings. The van der Waals surface area contributed by atoms with E-state index in [1.165, 1.54) is 39.1 Å². The number of hydrogen-bond donors (Lipinski definition) is 1. The molecule has 0 spiro atoms. The molecule has 200 valence electrons. The molecule has 1 fully saturated rings. The lowest BCUT2D eigenvalue weighted by molar-refractivity contribution is 0.0949. The minimum atomic E-state index is -4.15. The van der Waals surface area contributed by atoms with Crippen LogP contribution in [0.3, 0.4) is 0 Å². The molecule has 1 N–H and O–H groups in total. The number of alkyl halides is 1. The molecule has 0 radical (unpaired) electrons. The van der Waals surface area contributed by atoms with Gasteiger partial charge in [-0.25, -0.2) is 22.8 Å². The maximum atomic E-state index is 14.1. The summed E-state index contributed by atoms with van der Waals surface area (Å²) in [6.07, 6.45) is 3.53. The Kier molecular flexibility index (Phi) is 7.82. The molecule has 0 saturated heterocycles. The van der Waals surface area contributed by atoms with E-state index < -0.39 is 27.5 Å². The van der Waals surface area contributed by atoms with Crippen LogP contribution in [-0.4, -0.2) is 75.9 Å². The Balaban J connectivity index is 1.78. The first-order valence-electron chi connectivity index (χ1n) is 11.6. The van der Waals surface area contributed by atoms with Gasteiger partial charge in [0.1, 0.15) is 29.7 Å². The van der Waals surface area contributed by atoms with Crippen LogP contribution in [0.5, 0.6) is 11.8 Å². The van der Waals surface area contributed by atoms with Crippen LogP contribution in [0.25, 0.3) is 5.69 Å². The third kappa shape index (κ3) is 5.32. The van der Waals surface area contributed by atoms with Gasteiger partial charge in [0.25, 0.3) is 0 Å². The van der Waals surface area contributed by atoms with Crippen molar-refractivity contribution in [2.45, 2.75) is 56.6 Å². The Morgan fingerprint density at radius 2 is 1.70 bits per heavy atom. The average Bonchev–Trinajstić information content (AvgIpc) is 3.50. The number of aryl methyl sites for hydroxylation is 1. The van der Waals surface area contributed by atoms with Crippen molar-refractivity contribution >= 4 is 16.0 Å². The minimum Gasteiger partial charge on any atom is -0.479 e. The Hall–Kier alpha value is -3.46. The number of sulfonamides is 1. The van der Waals surface area contributed by atoms with Crippen molar-refractivity contribution in [3.8, 4) is 17.4 Å². The fourth-order valence-electron chi connectivity index (χ4n) is 4.29. The van der Waals surface area contributed by atoms with Gasteiger partial charge in [-0.2, -0.15) is 9.97 Å². The molecule has 3 heterocycles. The van der Waals surface area contributed by atoms with Gasteiger partial charge in [0.15, 0.2) is 11.5 Å². The number of aromatic nitrogens is 7. The second-order valence-corrected chi connectivity index (χ2v) is 10.7. The van der Waals surface area contributed by atoms with E-state index in [-0.39, 0.29) is 41.6 Å². The molecule has 3 aromatic heterocycles. The zero-order chi connectivity index (χ0) is 26.7. The predicted molar refractivity (Wildman–Crippen MR) is 130 cm³/mol. The molecule has 1 saturated carbocycles. The highest BCUT2D eigenvalue weighted by Crippen LogP contribution is 2.40. The molecule has 3 aromatic rings. The van der Waals surface area contributed by atoms with Gasteiger partial charge in [-0.1, -0.05) is 0 Å². The lowest BCUT2D eigenvalue weighted by Crippen LogP contribution is -2.33. The first-order valence-corrected chi connectivity index (χ1v) is 13.1. The van der Waals surface area contributed by atoms with Gasteiger partial charge in [0.2, 0.25) is 27.7 Å². The van der Waals surface area contributed by atoms with Crippen molar-refractivity contribution in [3.05, 3.63) is 35.9 Å². The van der Waals surface area contributed by atoms with Crippen LogP contribution >= 0.6 is 0 Å². The van der Waals surface area contributed by atoms with E-state index in [9.17, 15) is 12.8 Å². The summed E-state index contributed by atoms with van der Waals surface area (Å²) in [5.74, 6) is 0.267. The van der Waals surface area contributed by atoms with Crippen LogP contribution in [0, 0.1) is 6.92 Å². The highest BCUT2D eigenvalue weighted by atomic mass is 32.2. The third-order valence-electron chi connectivity index (χ3n) is 6.25. The maximum Gasteiger partial charge on any atom is 0.245 e. The minimum absolute atomic E-state index is 0.0963. The van der Waals surface area contributed by atoms with Crippen molar-refractivity contribution in [1.82, 2.24) is 34.7 Å². The smallest absolute Gasteiger partial charge is 0.245 e. The monoisotopic (exact) mass is 536 g/mol. The van der Waals surface area contributed by atoms with Crippen molar-refractivity contribution in [3.63, 3.8) is 0 Å². The number of nitrogens with one attached hydrogen (secondary N) is 1. The van der Waals surface area contributed by atoms with Gasteiger partial charge >= 0.3 is 0 Å². The number of methoxy groups -OCH3 is 3. The van der Waals surface area contributed by atoms with E-state index in [2.05, 4.69) is 34.9 Å². The van der Waals surface area contributed by atoms with Crippen molar-refractivity contribution in [2.75, 3.05) is 26.1 Å². The van der Waals surface area contributed by atoms with E-state index in [1.807, 2.05) is 6.92 Å². The van der Waals surface area contributed by atoms with Crippen LogP contribution in [0.2, 0.25) is 0 Å². The normalized spacial score (nSPS) is 19.4. The molecule has 1 aliphatic carbocycles. The molecular weight excluding hydrogens is 507 g/mol. The summed E-state index contributed by atoms with van der Waals surface area (Å²) < 4.78 is 61.4. The molecule has 13 nitrogen and oxygen atoms in total. The quantitative estimate of drug-likeness (QED) is 0.405. The van der Waals surface area contributed by atoms with E-state index in [0.29, 0.717) is 18.7 Å². The Labute approximate surface area is 213 Å². The molecule has 0 aliphatic heterocycles. The number of ether oxygens (including phenoxy) is 3. The maximum absolute atomic E-state index is 14.1. The Bertz CT molecular complexity index is 1320. The largest absolute Gasteiger partial charge is 0.479 e. The molecule has 0 bridgehead atoms. The summed E-state index contributed by atoms with van der Waals surface area (Å²) >= 11 is 0. The average molecular weight is 537 g/mol. The van der Waals surface area contributed by atoms with E-state index >= 15 is 0 Å². The van der Waals surface area contributed by atoms with Gasteiger partial charge in [-0.15, -0.1) is 10.2 Å².